The lowest BCUT2D eigenvalue weighted by molar-refractivity contribution is 0.0605. The molecule has 0 aliphatic heterocycles. The second-order valence-electron chi connectivity index (χ2n) is 4.78. The molecule has 22 heavy (non-hydrogen) atoms. The number of aromatic nitrogens is 3. The van der Waals surface area contributed by atoms with E-state index in [2.05, 4.69) is 15.0 Å². The second kappa shape index (κ2) is 5.62. The monoisotopic (exact) mass is 335 g/mol. The summed E-state index contributed by atoms with van der Waals surface area (Å²) in [6, 6.07) is 0. The first-order valence-corrected chi connectivity index (χ1v) is 8.21. The number of thiophene rings is 1. The van der Waals surface area contributed by atoms with E-state index >= 15 is 0 Å². The third kappa shape index (κ3) is 2.55. The van der Waals surface area contributed by atoms with Gasteiger partial charge < -0.3 is 9.72 Å². The number of methoxy groups -OCH3 is 1. The predicted molar refractivity (Wildman–Crippen MR) is 86.0 cm³/mol. The van der Waals surface area contributed by atoms with E-state index in [1.807, 2.05) is 12.3 Å². The maximum Gasteiger partial charge on any atom is 0.348 e. The molecule has 0 saturated heterocycles. The molecule has 0 aromatic carbocycles. The minimum atomic E-state index is -0.448. The van der Waals surface area contributed by atoms with Gasteiger partial charge in [-0.15, -0.1) is 22.7 Å². The molecule has 114 valence electrons. The van der Waals surface area contributed by atoms with Crippen LogP contribution in [0, 0.1) is 13.8 Å². The molecule has 3 heterocycles. The Hall–Kier alpha value is -2.06. The molecular formula is C14H13N3O3S2. The normalized spacial score (nSPS) is 11.0. The Morgan fingerprint density at radius 2 is 2.14 bits per heavy atom. The van der Waals surface area contributed by atoms with Crippen molar-refractivity contribution >= 4 is 38.9 Å². The molecule has 0 bridgehead atoms. The van der Waals surface area contributed by atoms with E-state index in [1.165, 1.54) is 18.4 Å². The summed E-state index contributed by atoms with van der Waals surface area (Å²) in [7, 11) is 1.32. The first kappa shape index (κ1) is 14.9. The summed E-state index contributed by atoms with van der Waals surface area (Å²) in [4.78, 5) is 36.6. The highest BCUT2D eigenvalue weighted by atomic mass is 32.1. The summed E-state index contributed by atoms with van der Waals surface area (Å²) in [5.74, 6) is 0.0945. The van der Waals surface area contributed by atoms with E-state index in [4.69, 9.17) is 4.74 Å². The lowest BCUT2D eigenvalue weighted by Gasteiger charge is -1.98. The number of ether oxygens (including phenoxy) is 1. The number of aryl methyl sites for hydroxylation is 2. The smallest absolute Gasteiger partial charge is 0.348 e. The van der Waals surface area contributed by atoms with Crippen molar-refractivity contribution in [2.24, 2.45) is 0 Å². The van der Waals surface area contributed by atoms with Gasteiger partial charge in [0.1, 0.15) is 15.5 Å². The highest BCUT2D eigenvalue weighted by molar-refractivity contribution is 7.20. The molecule has 0 amide bonds. The number of H-pyrrole nitrogens is 1. The van der Waals surface area contributed by atoms with Crippen molar-refractivity contribution in [2.75, 3.05) is 7.11 Å². The van der Waals surface area contributed by atoms with Crippen LogP contribution in [0.25, 0.3) is 10.2 Å². The molecule has 0 saturated carbocycles. The lowest BCUT2D eigenvalue weighted by Crippen LogP contribution is -2.12. The van der Waals surface area contributed by atoms with Crippen LogP contribution in [0.3, 0.4) is 0 Å². The molecule has 6 nitrogen and oxygen atoms in total. The average molecular weight is 335 g/mol. The minimum absolute atomic E-state index is 0.240. The highest BCUT2D eigenvalue weighted by Crippen LogP contribution is 2.27. The largest absolute Gasteiger partial charge is 0.465 e. The number of nitrogens with one attached hydrogen (secondary N) is 1. The van der Waals surface area contributed by atoms with Crippen molar-refractivity contribution in [3.05, 3.63) is 42.7 Å². The van der Waals surface area contributed by atoms with Crippen LogP contribution < -0.4 is 5.56 Å². The average Bonchev–Trinajstić information content (AvgIpc) is 3.02. The Bertz CT molecular complexity index is 923. The summed E-state index contributed by atoms with van der Waals surface area (Å²) < 4.78 is 4.74. The second-order valence-corrected chi connectivity index (χ2v) is 6.84. The number of carbonyl (C=O) groups is 1. The third-order valence-electron chi connectivity index (χ3n) is 3.24. The third-order valence-corrected chi connectivity index (χ3v) is 5.22. The number of thiazole rings is 1. The standard InChI is InChI=1S/C14H13N3O3S2/c1-6-10-12(18)16-9(4-8-5-21-7(2)15-8)17-13(10)22-11(6)14(19)20-3/h5H,4H2,1-3H3,(H,16,17,18). The Morgan fingerprint density at radius 3 is 2.77 bits per heavy atom. The fourth-order valence-corrected chi connectivity index (χ4v) is 3.95. The lowest BCUT2D eigenvalue weighted by atomic mass is 10.2. The van der Waals surface area contributed by atoms with Crippen LogP contribution in [-0.4, -0.2) is 28.0 Å². The van der Waals surface area contributed by atoms with Gasteiger partial charge in [0.15, 0.2) is 0 Å². The summed E-state index contributed by atoms with van der Waals surface area (Å²) >= 11 is 2.73. The first-order valence-electron chi connectivity index (χ1n) is 6.51. The molecule has 1 N–H and O–H groups in total. The number of aromatic amines is 1. The van der Waals surface area contributed by atoms with Crippen LogP contribution >= 0.6 is 22.7 Å². The first-order chi connectivity index (χ1) is 10.5. The van der Waals surface area contributed by atoms with Crippen LogP contribution in [0.2, 0.25) is 0 Å². The number of carbonyl (C=O) groups excluding carboxylic acids is 1. The van der Waals surface area contributed by atoms with Gasteiger partial charge >= 0.3 is 5.97 Å². The summed E-state index contributed by atoms with van der Waals surface area (Å²) in [5, 5.41) is 3.36. The predicted octanol–water partition coefficient (Wildman–Crippen LogP) is 2.44. The maximum absolute atomic E-state index is 12.3. The molecule has 3 aromatic rings. The molecule has 0 aliphatic carbocycles. The van der Waals surface area contributed by atoms with Crippen molar-refractivity contribution in [2.45, 2.75) is 20.3 Å². The van der Waals surface area contributed by atoms with Crippen LogP contribution in [0.5, 0.6) is 0 Å². The molecule has 0 fully saturated rings. The van der Waals surface area contributed by atoms with Gasteiger partial charge in [0, 0.05) is 11.8 Å². The van der Waals surface area contributed by atoms with Gasteiger partial charge in [-0.05, 0) is 19.4 Å². The zero-order chi connectivity index (χ0) is 15.9. The van der Waals surface area contributed by atoms with E-state index in [-0.39, 0.29) is 5.56 Å². The number of nitrogens with zero attached hydrogens (tertiary/aromatic N) is 2. The zero-order valence-electron chi connectivity index (χ0n) is 12.2. The van der Waals surface area contributed by atoms with Crippen molar-refractivity contribution in [3.63, 3.8) is 0 Å². The number of esters is 1. The molecule has 0 radical (unpaired) electrons. The zero-order valence-corrected chi connectivity index (χ0v) is 13.9. The van der Waals surface area contributed by atoms with Gasteiger partial charge in [-0.1, -0.05) is 0 Å². The van der Waals surface area contributed by atoms with Gasteiger partial charge in [-0.3, -0.25) is 4.79 Å². The van der Waals surface area contributed by atoms with Crippen LogP contribution in [0.4, 0.5) is 0 Å². The van der Waals surface area contributed by atoms with E-state index in [0.29, 0.717) is 32.9 Å². The molecular weight excluding hydrogens is 322 g/mol. The van der Waals surface area contributed by atoms with E-state index < -0.39 is 5.97 Å². The number of fused-ring (bicyclic) bond motifs is 1. The maximum atomic E-state index is 12.3. The van der Waals surface area contributed by atoms with Gasteiger partial charge in [-0.25, -0.2) is 14.8 Å². The fourth-order valence-electron chi connectivity index (χ4n) is 2.22. The Balaban J connectivity index is 2.08. The summed E-state index contributed by atoms with van der Waals surface area (Å²) in [5.41, 5.74) is 1.24. The Kier molecular flexibility index (Phi) is 3.79. The van der Waals surface area contributed by atoms with E-state index in [9.17, 15) is 9.59 Å². The summed E-state index contributed by atoms with van der Waals surface area (Å²) in [6.45, 7) is 3.66. The number of hydrogen-bond donors (Lipinski definition) is 1. The van der Waals surface area contributed by atoms with Gasteiger partial charge in [0.05, 0.1) is 23.2 Å². The Labute approximate surface area is 133 Å². The highest BCUT2D eigenvalue weighted by Gasteiger charge is 2.19. The topological polar surface area (TPSA) is 84.9 Å². The molecule has 0 unspecified atom stereocenters. The van der Waals surface area contributed by atoms with Crippen molar-refractivity contribution < 1.29 is 9.53 Å². The SMILES string of the molecule is COC(=O)c1sc2nc(Cc3csc(C)n3)[nH]c(=O)c2c1C. The quantitative estimate of drug-likeness (QED) is 0.743. The van der Waals surface area contributed by atoms with Crippen molar-refractivity contribution in [3.8, 4) is 0 Å². The van der Waals surface area contributed by atoms with Crippen molar-refractivity contribution in [1.29, 1.82) is 0 Å². The van der Waals surface area contributed by atoms with Crippen LogP contribution in [0.1, 0.15) is 31.8 Å². The number of hydrogen-bond acceptors (Lipinski definition) is 7. The fraction of sp³-hybridized carbons (Fsp3) is 0.286. The van der Waals surface area contributed by atoms with Gasteiger partial charge in [0.25, 0.3) is 5.56 Å². The molecule has 0 aliphatic rings. The van der Waals surface area contributed by atoms with Crippen LogP contribution in [-0.2, 0) is 11.2 Å². The molecule has 3 rings (SSSR count). The minimum Gasteiger partial charge on any atom is -0.465 e. The summed E-state index contributed by atoms with van der Waals surface area (Å²) in [6.07, 6.45) is 0.458. The van der Waals surface area contributed by atoms with Gasteiger partial charge in [-0.2, -0.15) is 0 Å². The van der Waals surface area contributed by atoms with Crippen molar-refractivity contribution in [1.82, 2.24) is 15.0 Å². The molecule has 0 spiro atoms. The molecule has 0 atom stereocenters. The van der Waals surface area contributed by atoms with E-state index in [1.54, 1.807) is 18.3 Å². The Morgan fingerprint density at radius 1 is 1.36 bits per heavy atom. The van der Waals surface area contributed by atoms with Crippen LogP contribution in [0.15, 0.2) is 10.2 Å². The number of rotatable bonds is 3. The molecule has 8 heteroatoms. The molecule has 3 aromatic heterocycles. The van der Waals surface area contributed by atoms with Gasteiger partial charge in [0.2, 0.25) is 0 Å². The van der Waals surface area contributed by atoms with E-state index in [0.717, 1.165) is 10.7 Å².